The zero-order valence-corrected chi connectivity index (χ0v) is 11.1. The van der Waals surface area contributed by atoms with Gasteiger partial charge in [0.1, 0.15) is 5.78 Å². The van der Waals surface area contributed by atoms with Gasteiger partial charge in [-0.05, 0) is 50.3 Å². The van der Waals surface area contributed by atoms with Gasteiger partial charge in [-0.2, -0.15) is 0 Å². The molecule has 0 amide bonds. The Balaban J connectivity index is 2.42. The summed E-state index contributed by atoms with van der Waals surface area (Å²) in [5.41, 5.74) is 9.31. The van der Waals surface area contributed by atoms with Crippen LogP contribution in [0.3, 0.4) is 0 Å². The summed E-state index contributed by atoms with van der Waals surface area (Å²) in [6, 6.07) is 6.44. The molecule has 0 bridgehead atoms. The van der Waals surface area contributed by atoms with E-state index in [1.807, 2.05) is 13.0 Å². The number of carbonyl (C=O) groups excluding carboxylic acids is 1. The third-order valence-electron chi connectivity index (χ3n) is 3.09. The molecule has 0 aliphatic rings. The van der Waals surface area contributed by atoms with Gasteiger partial charge in [0.15, 0.2) is 0 Å². The summed E-state index contributed by atoms with van der Waals surface area (Å²) in [7, 11) is 0. The van der Waals surface area contributed by atoms with Gasteiger partial charge in [-0.1, -0.05) is 18.2 Å². The van der Waals surface area contributed by atoms with E-state index >= 15 is 0 Å². The van der Waals surface area contributed by atoms with E-state index in [4.69, 9.17) is 5.73 Å². The van der Waals surface area contributed by atoms with Crippen LogP contribution in [0.2, 0.25) is 0 Å². The number of aryl methyl sites for hydroxylation is 2. The molecule has 17 heavy (non-hydrogen) atoms. The van der Waals surface area contributed by atoms with E-state index in [0.29, 0.717) is 18.6 Å². The van der Waals surface area contributed by atoms with Crippen molar-refractivity contribution in [2.75, 3.05) is 0 Å². The zero-order chi connectivity index (χ0) is 12.8. The topological polar surface area (TPSA) is 43.1 Å². The van der Waals surface area contributed by atoms with Crippen LogP contribution in [0.4, 0.5) is 0 Å². The molecule has 1 aromatic carbocycles. The van der Waals surface area contributed by atoms with Crippen LogP contribution in [0.1, 0.15) is 42.9 Å². The molecule has 0 heterocycles. The van der Waals surface area contributed by atoms with E-state index < -0.39 is 0 Å². The van der Waals surface area contributed by atoms with Gasteiger partial charge < -0.3 is 5.73 Å². The highest BCUT2D eigenvalue weighted by Gasteiger charge is 2.05. The lowest BCUT2D eigenvalue weighted by Crippen LogP contribution is -2.15. The van der Waals surface area contributed by atoms with E-state index in [1.54, 1.807) is 0 Å². The third-order valence-corrected chi connectivity index (χ3v) is 3.09. The van der Waals surface area contributed by atoms with E-state index in [9.17, 15) is 4.79 Å². The Bertz CT molecular complexity index is 383. The SMILES string of the molecule is Cc1ccc(CC(=O)CCCC(C)N)cc1C. The first-order valence-corrected chi connectivity index (χ1v) is 6.32. The van der Waals surface area contributed by atoms with E-state index in [1.165, 1.54) is 11.1 Å². The molecule has 0 aliphatic carbocycles. The number of rotatable bonds is 6. The van der Waals surface area contributed by atoms with Crippen LogP contribution >= 0.6 is 0 Å². The van der Waals surface area contributed by atoms with Gasteiger partial charge in [-0.25, -0.2) is 0 Å². The predicted octanol–water partition coefficient (Wildman–Crippen LogP) is 2.93. The monoisotopic (exact) mass is 233 g/mol. The fourth-order valence-corrected chi connectivity index (χ4v) is 1.85. The number of hydrogen-bond donors (Lipinski definition) is 1. The van der Waals surface area contributed by atoms with Crippen molar-refractivity contribution in [1.82, 2.24) is 0 Å². The summed E-state index contributed by atoms with van der Waals surface area (Å²) < 4.78 is 0. The first-order chi connectivity index (χ1) is 7.99. The number of ketones is 1. The molecule has 2 nitrogen and oxygen atoms in total. The largest absolute Gasteiger partial charge is 0.328 e. The number of nitrogens with two attached hydrogens (primary N) is 1. The average Bonchev–Trinajstić information content (AvgIpc) is 2.23. The molecule has 0 aromatic heterocycles. The summed E-state index contributed by atoms with van der Waals surface area (Å²) in [6.45, 7) is 6.15. The molecule has 94 valence electrons. The van der Waals surface area contributed by atoms with Crippen LogP contribution in [0, 0.1) is 13.8 Å². The van der Waals surface area contributed by atoms with Crippen molar-refractivity contribution < 1.29 is 4.79 Å². The number of carbonyl (C=O) groups is 1. The van der Waals surface area contributed by atoms with Gasteiger partial charge in [0.25, 0.3) is 0 Å². The summed E-state index contributed by atoms with van der Waals surface area (Å²) in [4.78, 5) is 11.7. The second-order valence-electron chi connectivity index (χ2n) is 5.00. The quantitative estimate of drug-likeness (QED) is 0.821. The lowest BCUT2D eigenvalue weighted by atomic mass is 10.00. The minimum Gasteiger partial charge on any atom is -0.328 e. The highest BCUT2D eigenvalue weighted by atomic mass is 16.1. The molecular formula is C15H23NO. The van der Waals surface area contributed by atoms with Crippen molar-refractivity contribution >= 4 is 5.78 Å². The van der Waals surface area contributed by atoms with Crippen molar-refractivity contribution in [3.63, 3.8) is 0 Å². The zero-order valence-electron chi connectivity index (χ0n) is 11.1. The standard InChI is InChI=1S/C15H23NO/c1-11-7-8-14(9-12(11)2)10-15(17)6-4-5-13(3)16/h7-9,13H,4-6,10,16H2,1-3H3. The maximum atomic E-state index is 11.7. The van der Waals surface area contributed by atoms with Crippen LogP contribution in [-0.4, -0.2) is 11.8 Å². The Kier molecular flexibility index (Phi) is 5.36. The fraction of sp³-hybridized carbons (Fsp3) is 0.533. The molecule has 2 heteroatoms. The molecule has 0 fully saturated rings. The first-order valence-electron chi connectivity index (χ1n) is 6.32. The van der Waals surface area contributed by atoms with Crippen LogP contribution in [0.15, 0.2) is 18.2 Å². The van der Waals surface area contributed by atoms with E-state index in [2.05, 4.69) is 26.0 Å². The normalized spacial score (nSPS) is 12.5. The molecule has 2 N–H and O–H groups in total. The van der Waals surface area contributed by atoms with Crippen LogP contribution in [-0.2, 0) is 11.2 Å². The van der Waals surface area contributed by atoms with Crippen molar-refractivity contribution in [2.24, 2.45) is 5.73 Å². The lowest BCUT2D eigenvalue weighted by molar-refractivity contribution is -0.118. The average molecular weight is 233 g/mol. The van der Waals surface area contributed by atoms with Gasteiger partial charge in [-0.3, -0.25) is 4.79 Å². The summed E-state index contributed by atoms with van der Waals surface area (Å²) in [5.74, 6) is 0.314. The minimum absolute atomic E-state index is 0.199. The molecule has 1 aromatic rings. The molecule has 0 saturated heterocycles. The van der Waals surface area contributed by atoms with Crippen molar-refractivity contribution in [1.29, 1.82) is 0 Å². The molecule has 1 atom stereocenters. The molecule has 0 saturated carbocycles. The Labute approximate surface area is 104 Å². The third kappa shape index (κ3) is 5.14. The van der Waals surface area contributed by atoms with Crippen LogP contribution in [0.25, 0.3) is 0 Å². The second kappa shape index (κ2) is 6.55. The molecule has 0 spiro atoms. The Morgan fingerprint density at radius 3 is 2.59 bits per heavy atom. The number of benzene rings is 1. The van der Waals surface area contributed by atoms with Gasteiger partial charge in [0.2, 0.25) is 0 Å². The lowest BCUT2D eigenvalue weighted by Gasteiger charge is -2.06. The van der Waals surface area contributed by atoms with Crippen molar-refractivity contribution in [2.45, 2.75) is 52.5 Å². The minimum atomic E-state index is 0.199. The maximum Gasteiger partial charge on any atom is 0.137 e. The summed E-state index contributed by atoms with van der Waals surface area (Å²) in [5, 5.41) is 0. The maximum absolute atomic E-state index is 11.7. The fourth-order valence-electron chi connectivity index (χ4n) is 1.85. The van der Waals surface area contributed by atoms with Gasteiger partial charge in [-0.15, -0.1) is 0 Å². The molecular weight excluding hydrogens is 210 g/mol. The van der Waals surface area contributed by atoms with Crippen molar-refractivity contribution in [3.8, 4) is 0 Å². The van der Waals surface area contributed by atoms with E-state index in [-0.39, 0.29) is 6.04 Å². The number of hydrogen-bond acceptors (Lipinski definition) is 2. The Morgan fingerprint density at radius 1 is 1.29 bits per heavy atom. The van der Waals surface area contributed by atoms with Gasteiger partial charge in [0.05, 0.1) is 0 Å². The van der Waals surface area contributed by atoms with Gasteiger partial charge >= 0.3 is 0 Å². The molecule has 1 unspecified atom stereocenters. The molecule has 1 rings (SSSR count). The van der Waals surface area contributed by atoms with Crippen molar-refractivity contribution in [3.05, 3.63) is 34.9 Å². The first kappa shape index (κ1) is 13.9. The molecule has 0 aliphatic heterocycles. The highest BCUT2D eigenvalue weighted by molar-refractivity contribution is 5.80. The predicted molar refractivity (Wildman–Crippen MR) is 72.1 cm³/mol. The Hall–Kier alpha value is -1.15. The second-order valence-corrected chi connectivity index (χ2v) is 5.00. The van der Waals surface area contributed by atoms with Crippen LogP contribution in [0.5, 0.6) is 0 Å². The molecule has 0 radical (unpaired) electrons. The smallest absolute Gasteiger partial charge is 0.137 e. The summed E-state index contributed by atoms with van der Waals surface area (Å²) in [6.07, 6.45) is 3.04. The Morgan fingerprint density at radius 2 is 2.00 bits per heavy atom. The van der Waals surface area contributed by atoms with E-state index in [0.717, 1.165) is 18.4 Å². The summed E-state index contributed by atoms with van der Waals surface area (Å²) >= 11 is 0. The van der Waals surface area contributed by atoms with Gasteiger partial charge in [0, 0.05) is 18.9 Å². The van der Waals surface area contributed by atoms with Crippen LogP contribution < -0.4 is 5.73 Å². The number of Topliss-reactive ketones (excluding diaryl/α,β-unsaturated/α-hetero) is 1. The highest BCUT2D eigenvalue weighted by Crippen LogP contribution is 2.12.